The topological polar surface area (TPSA) is 175 Å². The fourth-order valence-corrected chi connectivity index (χ4v) is 5.56. The molecule has 2 saturated carbocycles. The maximum atomic E-state index is 11.9. The number of rotatable bonds is 13. The van der Waals surface area contributed by atoms with E-state index in [4.69, 9.17) is 14.2 Å². The van der Waals surface area contributed by atoms with E-state index in [-0.39, 0.29) is 44.7 Å². The number of aliphatic carboxylic acids is 1. The number of nitrogens with one attached hydrogen (secondary N) is 1. The molecule has 0 aliphatic heterocycles. The maximum Gasteiger partial charge on any atom is 0.306 e. The van der Waals surface area contributed by atoms with Gasteiger partial charge in [0.25, 0.3) is 0 Å². The number of carboxylic acid groups (broad SMARTS) is 1. The molecule has 204 valence electrons. The summed E-state index contributed by atoms with van der Waals surface area (Å²) in [5.74, 6) is -4.65. The third-order valence-electron chi connectivity index (χ3n) is 7.46. The quantitative estimate of drug-likeness (QED) is 0.187. The van der Waals surface area contributed by atoms with Crippen LogP contribution in [0.2, 0.25) is 0 Å². The lowest BCUT2D eigenvalue weighted by molar-refractivity contribution is -0.167. The molecule has 6 N–H and O–H groups in total. The largest absolute Gasteiger partial charge is 0.481 e. The zero-order chi connectivity index (χ0) is 26.1. The summed E-state index contributed by atoms with van der Waals surface area (Å²) in [7, 11) is 0. The maximum absolute atomic E-state index is 11.9. The Bertz CT molecular complexity index is 664. The predicted molar refractivity (Wildman–Crippen MR) is 124 cm³/mol. The van der Waals surface area contributed by atoms with Crippen LogP contribution in [0.5, 0.6) is 0 Å². The van der Waals surface area contributed by atoms with Gasteiger partial charge in [0.2, 0.25) is 5.91 Å². The lowest BCUT2D eigenvalue weighted by Crippen LogP contribution is -2.58. The summed E-state index contributed by atoms with van der Waals surface area (Å²) in [6, 6.07) is -0.443. The number of hydrogen-bond acceptors (Lipinski definition) is 9. The van der Waals surface area contributed by atoms with Gasteiger partial charge in [-0.3, -0.25) is 9.59 Å². The highest BCUT2D eigenvalue weighted by Gasteiger charge is 2.47. The molecule has 11 heteroatoms. The van der Waals surface area contributed by atoms with Gasteiger partial charge in [0.15, 0.2) is 0 Å². The van der Waals surface area contributed by atoms with Crippen LogP contribution in [0.1, 0.15) is 33.6 Å². The third-order valence-corrected chi connectivity index (χ3v) is 7.46. The van der Waals surface area contributed by atoms with E-state index in [1.807, 2.05) is 6.92 Å². The smallest absolute Gasteiger partial charge is 0.306 e. The monoisotopic (exact) mass is 505 g/mol. The molecule has 0 heterocycles. The summed E-state index contributed by atoms with van der Waals surface area (Å²) in [6.07, 6.45) is -2.80. The number of aliphatic hydroxyl groups is 4. The van der Waals surface area contributed by atoms with E-state index in [1.165, 1.54) is 6.92 Å². The Morgan fingerprint density at radius 3 is 1.97 bits per heavy atom. The molecule has 1 amide bonds. The summed E-state index contributed by atoms with van der Waals surface area (Å²) in [4.78, 5) is 23.7. The number of hydrogen-bond donors (Lipinski definition) is 6. The molecule has 2 aliphatic carbocycles. The minimum Gasteiger partial charge on any atom is -0.481 e. The molecule has 0 aromatic heterocycles. The molecule has 10 atom stereocenters. The average molecular weight is 506 g/mol. The van der Waals surface area contributed by atoms with Gasteiger partial charge in [0.1, 0.15) is 0 Å². The Hall–Kier alpha value is -1.34. The number of amides is 1. The molecule has 0 aromatic rings. The van der Waals surface area contributed by atoms with Gasteiger partial charge < -0.3 is 45.1 Å². The average Bonchev–Trinajstić information content (AvgIpc) is 2.81. The van der Waals surface area contributed by atoms with Gasteiger partial charge in [-0.25, -0.2) is 0 Å². The first-order chi connectivity index (χ1) is 16.7. The lowest BCUT2D eigenvalue weighted by Gasteiger charge is -2.45. The second kappa shape index (κ2) is 14.4. The normalized spacial score (nSPS) is 37.7. The van der Waals surface area contributed by atoms with Crippen LogP contribution in [0.25, 0.3) is 0 Å². The molecule has 2 aliphatic rings. The van der Waals surface area contributed by atoms with Crippen molar-refractivity contribution >= 4 is 11.9 Å². The first-order valence-corrected chi connectivity index (χ1v) is 12.5. The Morgan fingerprint density at radius 2 is 1.40 bits per heavy atom. The summed E-state index contributed by atoms with van der Waals surface area (Å²) < 4.78 is 16.8. The van der Waals surface area contributed by atoms with Crippen LogP contribution in [0.3, 0.4) is 0 Å². The Balaban J connectivity index is 2.09. The highest BCUT2D eigenvalue weighted by atomic mass is 16.5. The van der Waals surface area contributed by atoms with E-state index in [0.717, 1.165) is 0 Å². The first-order valence-electron chi connectivity index (χ1n) is 12.5. The van der Waals surface area contributed by atoms with E-state index in [0.29, 0.717) is 26.2 Å². The van der Waals surface area contributed by atoms with Crippen LogP contribution in [-0.4, -0.2) is 108 Å². The summed E-state index contributed by atoms with van der Waals surface area (Å²) in [6.45, 7) is 6.06. The van der Waals surface area contributed by atoms with Crippen molar-refractivity contribution in [2.45, 2.75) is 58.0 Å². The van der Waals surface area contributed by atoms with Crippen LogP contribution in [0, 0.1) is 35.5 Å². The molecule has 2 fully saturated rings. The Kier molecular flexibility index (Phi) is 12.3. The van der Waals surface area contributed by atoms with Crippen molar-refractivity contribution in [3.05, 3.63) is 0 Å². The van der Waals surface area contributed by atoms with E-state index < -0.39 is 59.9 Å². The van der Waals surface area contributed by atoms with Gasteiger partial charge in [-0.05, 0) is 26.7 Å². The van der Waals surface area contributed by atoms with Gasteiger partial charge in [-0.1, -0.05) is 0 Å². The Labute approximate surface area is 206 Å². The minimum atomic E-state index is -1.27. The zero-order valence-corrected chi connectivity index (χ0v) is 20.9. The molecule has 0 saturated heterocycles. The van der Waals surface area contributed by atoms with E-state index in [1.54, 1.807) is 6.92 Å². The van der Waals surface area contributed by atoms with Crippen molar-refractivity contribution in [3.63, 3.8) is 0 Å². The molecule has 11 nitrogen and oxygen atoms in total. The fourth-order valence-electron chi connectivity index (χ4n) is 5.56. The molecular weight excluding hydrogens is 462 g/mol. The molecule has 0 aromatic carbocycles. The molecule has 0 radical (unpaired) electrons. The zero-order valence-electron chi connectivity index (χ0n) is 20.9. The summed E-state index contributed by atoms with van der Waals surface area (Å²) in [5.41, 5.74) is 0. The standard InChI is InChI=1S/C24H43NO10/c1-4-33-9-15-6-14(8-26)21(28)19(20(15)25-13(3)27)12-35-10-16-7-17(24(31)32)18(11-34-5-2)23(30)22(16)29/h14-23,26,28-30H,4-12H2,1-3H3,(H,25,27)(H,31,32)/t14?,15-,16-,17?,18-,19+,20?,21-,22?,23-/m0/s1. The van der Waals surface area contributed by atoms with Crippen molar-refractivity contribution in [1.29, 1.82) is 0 Å². The van der Waals surface area contributed by atoms with Crippen LogP contribution < -0.4 is 5.32 Å². The summed E-state index contributed by atoms with van der Waals surface area (Å²) in [5, 5.41) is 54.5. The van der Waals surface area contributed by atoms with E-state index in [9.17, 15) is 35.1 Å². The molecule has 4 unspecified atom stereocenters. The van der Waals surface area contributed by atoms with Crippen LogP contribution in [-0.2, 0) is 23.8 Å². The SMILES string of the molecule is CCOC[C@@H]1CC(CO)[C@H](O)[C@H](COC[C@@H]2CC(C(=O)O)[C@H](COCC)[C@H](O)C2O)C1NC(C)=O. The fraction of sp³-hybridized carbons (Fsp3) is 0.917. The molecule has 35 heavy (non-hydrogen) atoms. The third kappa shape index (κ3) is 7.82. The van der Waals surface area contributed by atoms with Crippen molar-refractivity contribution < 1.29 is 49.3 Å². The number of carbonyl (C=O) groups excluding carboxylic acids is 1. The number of ether oxygens (including phenoxy) is 3. The lowest BCUT2D eigenvalue weighted by atomic mass is 9.70. The van der Waals surface area contributed by atoms with Crippen LogP contribution in [0.15, 0.2) is 0 Å². The predicted octanol–water partition coefficient (Wildman–Crippen LogP) is -0.755. The van der Waals surface area contributed by atoms with Gasteiger partial charge in [-0.15, -0.1) is 0 Å². The van der Waals surface area contributed by atoms with Crippen LogP contribution >= 0.6 is 0 Å². The highest BCUT2D eigenvalue weighted by Crippen LogP contribution is 2.37. The number of carbonyl (C=O) groups is 2. The molecule has 2 rings (SSSR count). The second-order valence-corrected chi connectivity index (χ2v) is 9.76. The summed E-state index contributed by atoms with van der Waals surface area (Å²) >= 11 is 0. The van der Waals surface area contributed by atoms with E-state index in [2.05, 4.69) is 5.32 Å². The minimum absolute atomic E-state index is 0.0185. The number of carboxylic acids is 1. The molecule has 0 spiro atoms. The van der Waals surface area contributed by atoms with Crippen molar-refractivity contribution in [1.82, 2.24) is 5.32 Å². The van der Waals surface area contributed by atoms with Gasteiger partial charge >= 0.3 is 5.97 Å². The highest BCUT2D eigenvalue weighted by molar-refractivity contribution is 5.73. The van der Waals surface area contributed by atoms with E-state index >= 15 is 0 Å². The molecule has 0 bridgehead atoms. The molecular formula is C24H43NO10. The van der Waals surface area contributed by atoms with Gasteiger partial charge in [-0.2, -0.15) is 0 Å². The number of aliphatic hydroxyl groups excluding tert-OH is 4. The van der Waals surface area contributed by atoms with Gasteiger partial charge in [0, 0.05) is 62.4 Å². The van der Waals surface area contributed by atoms with Crippen molar-refractivity contribution in [2.24, 2.45) is 35.5 Å². The van der Waals surface area contributed by atoms with Gasteiger partial charge in [0.05, 0.1) is 50.7 Å². The van der Waals surface area contributed by atoms with Crippen molar-refractivity contribution in [2.75, 3.05) is 46.2 Å². The first kappa shape index (κ1) is 29.9. The second-order valence-electron chi connectivity index (χ2n) is 9.76. The Morgan fingerprint density at radius 1 is 0.800 bits per heavy atom. The van der Waals surface area contributed by atoms with Crippen molar-refractivity contribution in [3.8, 4) is 0 Å². The van der Waals surface area contributed by atoms with Crippen LogP contribution in [0.4, 0.5) is 0 Å².